The molecule has 0 saturated heterocycles. The van der Waals surface area contributed by atoms with E-state index in [1.165, 1.54) is 0 Å². The van der Waals surface area contributed by atoms with Crippen LogP contribution in [0.15, 0.2) is 30.5 Å². The predicted molar refractivity (Wildman–Crippen MR) is 81.5 cm³/mol. The molecule has 0 aliphatic rings. The van der Waals surface area contributed by atoms with Gasteiger partial charge in [0.05, 0.1) is 5.52 Å². The standard InChI is InChI=1S/C15H20ClN3/c1-3-19(4-2)10-14(17)12-7-8-18-15-9-11(16)5-6-13(12)15/h5-9,14H,3-4,10,17H2,1-2H3. The average Bonchev–Trinajstić information content (AvgIpc) is 2.43. The van der Waals surface area contributed by atoms with Crippen molar-refractivity contribution in [1.82, 2.24) is 9.88 Å². The zero-order valence-electron chi connectivity index (χ0n) is 11.4. The summed E-state index contributed by atoms with van der Waals surface area (Å²) >= 11 is 6.00. The van der Waals surface area contributed by atoms with E-state index < -0.39 is 0 Å². The Labute approximate surface area is 119 Å². The Kier molecular flexibility index (Phi) is 4.75. The largest absolute Gasteiger partial charge is 0.323 e. The fourth-order valence-electron chi connectivity index (χ4n) is 2.33. The van der Waals surface area contributed by atoms with Gasteiger partial charge in [-0.25, -0.2) is 0 Å². The smallest absolute Gasteiger partial charge is 0.0720 e. The van der Waals surface area contributed by atoms with Crippen molar-refractivity contribution in [3.63, 3.8) is 0 Å². The number of rotatable bonds is 5. The molecule has 1 aromatic carbocycles. The maximum Gasteiger partial charge on any atom is 0.0720 e. The van der Waals surface area contributed by atoms with Gasteiger partial charge in [-0.2, -0.15) is 0 Å². The molecule has 2 rings (SSSR count). The quantitative estimate of drug-likeness (QED) is 0.912. The van der Waals surface area contributed by atoms with Crippen LogP contribution in [0.4, 0.5) is 0 Å². The molecule has 2 aromatic rings. The molecule has 19 heavy (non-hydrogen) atoms. The van der Waals surface area contributed by atoms with Crippen LogP contribution in [-0.4, -0.2) is 29.5 Å². The number of hydrogen-bond donors (Lipinski definition) is 1. The van der Waals surface area contributed by atoms with Gasteiger partial charge in [0.25, 0.3) is 0 Å². The van der Waals surface area contributed by atoms with E-state index in [0.717, 1.165) is 36.1 Å². The fraction of sp³-hybridized carbons (Fsp3) is 0.400. The molecule has 2 N–H and O–H groups in total. The lowest BCUT2D eigenvalue weighted by Crippen LogP contribution is -2.32. The van der Waals surface area contributed by atoms with Crippen molar-refractivity contribution >= 4 is 22.5 Å². The van der Waals surface area contributed by atoms with Crippen LogP contribution in [0, 0.1) is 0 Å². The summed E-state index contributed by atoms with van der Waals surface area (Å²) < 4.78 is 0. The molecule has 0 radical (unpaired) electrons. The van der Waals surface area contributed by atoms with Gasteiger partial charge in [0.1, 0.15) is 0 Å². The van der Waals surface area contributed by atoms with Crippen molar-refractivity contribution in [2.24, 2.45) is 5.73 Å². The van der Waals surface area contributed by atoms with Crippen LogP contribution in [-0.2, 0) is 0 Å². The molecule has 4 heteroatoms. The van der Waals surface area contributed by atoms with Gasteiger partial charge in [-0.05, 0) is 36.9 Å². The summed E-state index contributed by atoms with van der Waals surface area (Å²) in [4.78, 5) is 6.68. The molecule has 0 amide bonds. The average molecular weight is 278 g/mol. The van der Waals surface area contributed by atoms with Crippen LogP contribution in [0.25, 0.3) is 10.9 Å². The first-order valence-corrected chi connectivity index (χ1v) is 7.05. The van der Waals surface area contributed by atoms with E-state index in [0.29, 0.717) is 5.02 Å². The Hall–Kier alpha value is -1.16. The van der Waals surface area contributed by atoms with E-state index in [9.17, 15) is 0 Å². The van der Waals surface area contributed by atoms with E-state index >= 15 is 0 Å². The van der Waals surface area contributed by atoms with Gasteiger partial charge in [-0.15, -0.1) is 0 Å². The first kappa shape index (κ1) is 14.3. The minimum absolute atomic E-state index is 0.00780. The van der Waals surface area contributed by atoms with Crippen molar-refractivity contribution < 1.29 is 0 Å². The number of nitrogens with two attached hydrogens (primary N) is 1. The molecule has 0 spiro atoms. The monoisotopic (exact) mass is 277 g/mol. The van der Waals surface area contributed by atoms with E-state index in [-0.39, 0.29) is 6.04 Å². The number of likely N-dealkylation sites (N-methyl/N-ethyl adjacent to an activating group) is 1. The number of nitrogens with zero attached hydrogens (tertiary/aromatic N) is 2. The molecule has 0 saturated carbocycles. The van der Waals surface area contributed by atoms with Gasteiger partial charge in [0.15, 0.2) is 0 Å². The number of fused-ring (bicyclic) bond motifs is 1. The highest BCUT2D eigenvalue weighted by Crippen LogP contribution is 2.24. The molecule has 102 valence electrons. The van der Waals surface area contributed by atoms with Gasteiger partial charge >= 0.3 is 0 Å². The highest BCUT2D eigenvalue weighted by Gasteiger charge is 2.13. The third-order valence-corrected chi connectivity index (χ3v) is 3.72. The van der Waals surface area contributed by atoms with Crippen molar-refractivity contribution in [2.45, 2.75) is 19.9 Å². The van der Waals surface area contributed by atoms with Gasteiger partial charge < -0.3 is 10.6 Å². The number of halogens is 1. The van der Waals surface area contributed by atoms with Crippen LogP contribution in [0.5, 0.6) is 0 Å². The summed E-state index contributed by atoms with van der Waals surface area (Å²) in [5.74, 6) is 0. The highest BCUT2D eigenvalue weighted by molar-refractivity contribution is 6.31. The van der Waals surface area contributed by atoms with Gasteiger partial charge in [-0.3, -0.25) is 4.98 Å². The molecule has 1 aromatic heterocycles. The normalized spacial score (nSPS) is 13.1. The predicted octanol–water partition coefficient (Wildman–Crippen LogP) is 3.23. The molecule has 1 heterocycles. The van der Waals surface area contributed by atoms with E-state index in [4.69, 9.17) is 17.3 Å². The number of aromatic nitrogens is 1. The molecule has 0 aliphatic carbocycles. The van der Waals surface area contributed by atoms with Crippen LogP contribution in [0.3, 0.4) is 0 Å². The first-order valence-electron chi connectivity index (χ1n) is 6.67. The lowest BCUT2D eigenvalue weighted by atomic mass is 10.0. The maximum atomic E-state index is 6.35. The number of pyridine rings is 1. The lowest BCUT2D eigenvalue weighted by Gasteiger charge is -2.23. The number of hydrogen-bond acceptors (Lipinski definition) is 3. The molecule has 1 unspecified atom stereocenters. The second-order valence-corrected chi connectivity index (χ2v) is 5.09. The summed E-state index contributed by atoms with van der Waals surface area (Å²) in [5, 5.41) is 1.79. The van der Waals surface area contributed by atoms with Crippen molar-refractivity contribution in [3.8, 4) is 0 Å². The SMILES string of the molecule is CCN(CC)CC(N)c1ccnc2cc(Cl)ccc12. The lowest BCUT2D eigenvalue weighted by molar-refractivity contribution is 0.285. The van der Waals surface area contributed by atoms with Crippen LogP contribution < -0.4 is 5.73 Å². The minimum atomic E-state index is -0.00780. The summed E-state index contributed by atoms with van der Waals surface area (Å²) in [7, 11) is 0. The second-order valence-electron chi connectivity index (χ2n) is 4.65. The Morgan fingerprint density at radius 1 is 1.26 bits per heavy atom. The Balaban J connectivity index is 2.34. The number of benzene rings is 1. The van der Waals surface area contributed by atoms with E-state index in [1.54, 1.807) is 6.20 Å². The van der Waals surface area contributed by atoms with Gasteiger partial charge in [-0.1, -0.05) is 31.5 Å². The fourth-order valence-corrected chi connectivity index (χ4v) is 2.49. The Bertz CT molecular complexity index is 552. The Morgan fingerprint density at radius 3 is 2.68 bits per heavy atom. The molecule has 0 bridgehead atoms. The van der Waals surface area contributed by atoms with Gasteiger partial charge in [0.2, 0.25) is 0 Å². The molecule has 0 aliphatic heterocycles. The molecular weight excluding hydrogens is 258 g/mol. The summed E-state index contributed by atoms with van der Waals surface area (Å²) in [6.45, 7) is 7.19. The highest BCUT2D eigenvalue weighted by atomic mass is 35.5. The molecular formula is C15H20ClN3. The topological polar surface area (TPSA) is 42.1 Å². The van der Waals surface area contributed by atoms with E-state index in [1.807, 2.05) is 24.3 Å². The van der Waals surface area contributed by atoms with E-state index in [2.05, 4.69) is 23.7 Å². The second kappa shape index (κ2) is 6.33. The maximum absolute atomic E-state index is 6.35. The third-order valence-electron chi connectivity index (χ3n) is 3.49. The molecule has 0 fully saturated rings. The molecule has 1 atom stereocenters. The minimum Gasteiger partial charge on any atom is -0.323 e. The van der Waals surface area contributed by atoms with Crippen molar-refractivity contribution in [2.75, 3.05) is 19.6 Å². The zero-order chi connectivity index (χ0) is 13.8. The molecule has 3 nitrogen and oxygen atoms in total. The summed E-state index contributed by atoms with van der Waals surface area (Å²) in [6, 6.07) is 7.77. The third kappa shape index (κ3) is 3.24. The summed E-state index contributed by atoms with van der Waals surface area (Å²) in [6.07, 6.45) is 1.80. The van der Waals surface area contributed by atoms with Crippen molar-refractivity contribution in [1.29, 1.82) is 0 Å². The summed E-state index contributed by atoms with van der Waals surface area (Å²) in [5.41, 5.74) is 8.38. The van der Waals surface area contributed by atoms with Crippen molar-refractivity contribution in [3.05, 3.63) is 41.0 Å². The van der Waals surface area contributed by atoms with Crippen LogP contribution >= 0.6 is 11.6 Å². The first-order chi connectivity index (χ1) is 9.15. The van der Waals surface area contributed by atoms with Crippen LogP contribution in [0.2, 0.25) is 5.02 Å². The van der Waals surface area contributed by atoms with Crippen LogP contribution in [0.1, 0.15) is 25.5 Å². The Morgan fingerprint density at radius 2 is 2.00 bits per heavy atom. The zero-order valence-corrected chi connectivity index (χ0v) is 12.2. The van der Waals surface area contributed by atoms with Gasteiger partial charge in [0, 0.05) is 29.2 Å².